The maximum absolute atomic E-state index is 13.3. The Balaban J connectivity index is 1.27. The molecule has 0 spiro atoms. The van der Waals surface area contributed by atoms with E-state index < -0.39 is 12.7 Å². The van der Waals surface area contributed by atoms with Crippen molar-refractivity contribution in [3.8, 4) is 11.5 Å². The number of halogens is 1. The standard InChI is InChI=1S/C32H36FN7O/c1-37-28-14-23-9-12-39(19-25(34)17-33)32(41)26(23)16-27(28)36-31(37)29-15-24-5-2-4-22(6-3-11-38-13-10-35-20-38)30(24)40(29)18-21-7-8-21/h2,4-5,10,13-16,20-21,25H,3,6-9,11-12,17-19,34H2,1H3. The van der Waals surface area contributed by atoms with Gasteiger partial charge in [0.05, 0.1) is 34.6 Å². The molecule has 9 heteroatoms. The number of aromatic nitrogens is 5. The molecule has 7 rings (SSSR count). The van der Waals surface area contributed by atoms with Crippen LogP contribution in [0, 0.1) is 5.92 Å². The summed E-state index contributed by atoms with van der Waals surface area (Å²) in [6.07, 6.45) is 11.0. The zero-order valence-corrected chi connectivity index (χ0v) is 23.5. The Morgan fingerprint density at radius 2 is 2.07 bits per heavy atom. The van der Waals surface area contributed by atoms with E-state index in [4.69, 9.17) is 10.7 Å². The second-order valence-corrected chi connectivity index (χ2v) is 11.8. The van der Waals surface area contributed by atoms with Crippen LogP contribution in [0.5, 0.6) is 0 Å². The van der Waals surface area contributed by atoms with Crippen molar-refractivity contribution < 1.29 is 9.18 Å². The van der Waals surface area contributed by atoms with Gasteiger partial charge in [0, 0.05) is 56.6 Å². The normalized spacial score (nSPS) is 16.2. The average molecular weight is 554 g/mol. The van der Waals surface area contributed by atoms with Crippen LogP contribution in [0.1, 0.15) is 40.7 Å². The minimum absolute atomic E-state index is 0.0903. The smallest absolute Gasteiger partial charge is 0.254 e. The number of rotatable bonds is 10. The van der Waals surface area contributed by atoms with E-state index in [0.29, 0.717) is 18.0 Å². The van der Waals surface area contributed by atoms with Crippen molar-refractivity contribution in [2.75, 3.05) is 19.8 Å². The highest BCUT2D eigenvalue weighted by Gasteiger charge is 2.29. The SMILES string of the molecule is Cn1c(-c2cc3cccc(CCCn4ccnc4)c3n2CC2CC2)nc2cc3c(cc21)CCN(CC(N)CF)C3=O. The number of benzene rings is 2. The number of alkyl halides is 1. The van der Waals surface area contributed by atoms with Gasteiger partial charge >= 0.3 is 0 Å². The van der Waals surface area contributed by atoms with Gasteiger partial charge in [-0.3, -0.25) is 4.79 Å². The lowest BCUT2D eigenvalue weighted by Crippen LogP contribution is -2.45. The van der Waals surface area contributed by atoms with Gasteiger partial charge in [0.2, 0.25) is 0 Å². The second kappa shape index (κ2) is 10.4. The van der Waals surface area contributed by atoms with Crippen LogP contribution >= 0.6 is 0 Å². The van der Waals surface area contributed by atoms with Gasteiger partial charge in [0.1, 0.15) is 6.67 Å². The van der Waals surface area contributed by atoms with E-state index in [0.717, 1.165) is 60.5 Å². The molecule has 0 radical (unpaired) electrons. The number of amides is 1. The van der Waals surface area contributed by atoms with Crippen LogP contribution in [-0.2, 0) is 33.0 Å². The minimum Gasteiger partial charge on any atom is -0.337 e. The summed E-state index contributed by atoms with van der Waals surface area (Å²) in [4.78, 5) is 24.2. The molecule has 2 aliphatic rings. The first-order chi connectivity index (χ1) is 20.0. The summed E-state index contributed by atoms with van der Waals surface area (Å²) in [6.45, 7) is 2.07. The summed E-state index contributed by atoms with van der Waals surface area (Å²) in [5.41, 5.74) is 13.1. The molecule has 1 amide bonds. The fraction of sp³-hybridized carbons (Fsp3) is 0.406. The first kappa shape index (κ1) is 26.0. The molecule has 212 valence electrons. The molecular weight excluding hydrogens is 517 g/mol. The molecular formula is C32H36FN7O. The van der Waals surface area contributed by atoms with Crippen molar-refractivity contribution in [1.82, 2.24) is 28.6 Å². The van der Waals surface area contributed by atoms with E-state index in [-0.39, 0.29) is 12.5 Å². The number of hydrogen-bond donors (Lipinski definition) is 1. The van der Waals surface area contributed by atoms with Gasteiger partial charge in [-0.2, -0.15) is 0 Å². The van der Waals surface area contributed by atoms with Gasteiger partial charge in [0.15, 0.2) is 5.82 Å². The highest BCUT2D eigenvalue weighted by Crippen LogP contribution is 2.38. The van der Waals surface area contributed by atoms with Crippen LogP contribution in [0.25, 0.3) is 33.5 Å². The van der Waals surface area contributed by atoms with Crippen molar-refractivity contribution in [2.45, 2.75) is 51.2 Å². The molecule has 4 heterocycles. The molecule has 41 heavy (non-hydrogen) atoms. The Morgan fingerprint density at radius 3 is 2.85 bits per heavy atom. The van der Waals surface area contributed by atoms with E-state index >= 15 is 0 Å². The molecule has 1 unspecified atom stereocenters. The number of imidazole rings is 2. The topological polar surface area (TPSA) is 86.9 Å². The zero-order chi connectivity index (χ0) is 28.1. The fourth-order valence-electron chi connectivity index (χ4n) is 6.36. The lowest BCUT2D eigenvalue weighted by Gasteiger charge is -2.30. The molecule has 8 nitrogen and oxygen atoms in total. The molecule has 0 bridgehead atoms. The molecule has 1 saturated carbocycles. The predicted molar refractivity (Wildman–Crippen MR) is 158 cm³/mol. The number of carbonyl (C=O) groups excluding carboxylic acids is 1. The highest BCUT2D eigenvalue weighted by molar-refractivity contribution is 6.00. The van der Waals surface area contributed by atoms with Crippen LogP contribution < -0.4 is 5.73 Å². The van der Waals surface area contributed by atoms with E-state index in [1.807, 2.05) is 24.8 Å². The number of para-hydroxylation sites is 1. The number of carbonyl (C=O) groups is 1. The highest BCUT2D eigenvalue weighted by atomic mass is 19.1. The fourth-order valence-corrected chi connectivity index (χ4v) is 6.36. The molecule has 1 aliphatic heterocycles. The predicted octanol–water partition coefficient (Wildman–Crippen LogP) is 4.73. The molecule has 1 fully saturated rings. The molecule has 3 aromatic heterocycles. The summed E-state index contributed by atoms with van der Waals surface area (Å²) in [7, 11) is 2.07. The van der Waals surface area contributed by atoms with Gasteiger partial charge in [-0.15, -0.1) is 0 Å². The summed E-state index contributed by atoms with van der Waals surface area (Å²) in [5.74, 6) is 1.52. The third-order valence-corrected chi connectivity index (χ3v) is 8.72. The molecule has 2 N–H and O–H groups in total. The van der Waals surface area contributed by atoms with E-state index in [9.17, 15) is 9.18 Å². The maximum atomic E-state index is 13.3. The Hall–Kier alpha value is -3.98. The molecule has 0 saturated heterocycles. The molecule has 1 atom stereocenters. The summed E-state index contributed by atoms with van der Waals surface area (Å²) < 4.78 is 19.8. The molecule has 2 aromatic carbocycles. The van der Waals surface area contributed by atoms with Crippen LogP contribution in [0.2, 0.25) is 0 Å². The lowest BCUT2D eigenvalue weighted by molar-refractivity contribution is 0.0725. The van der Waals surface area contributed by atoms with Gasteiger partial charge < -0.3 is 24.3 Å². The first-order valence-electron chi connectivity index (χ1n) is 14.7. The summed E-state index contributed by atoms with van der Waals surface area (Å²) in [6, 6.07) is 12.3. The van der Waals surface area contributed by atoms with Crippen molar-refractivity contribution in [1.29, 1.82) is 0 Å². The van der Waals surface area contributed by atoms with Gasteiger partial charge in [-0.1, -0.05) is 18.2 Å². The number of nitrogens with two attached hydrogens (primary N) is 1. The number of hydrogen-bond acceptors (Lipinski definition) is 4. The monoisotopic (exact) mass is 553 g/mol. The van der Waals surface area contributed by atoms with Gasteiger partial charge in [-0.25, -0.2) is 14.4 Å². The minimum atomic E-state index is -0.658. The average Bonchev–Trinajstić information content (AvgIpc) is 3.35. The third-order valence-electron chi connectivity index (χ3n) is 8.72. The van der Waals surface area contributed by atoms with E-state index in [1.165, 1.54) is 29.3 Å². The van der Waals surface area contributed by atoms with E-state index in [2.05, 4.69) is 56.1 Å². The summed E-state index contributed by atoms with van der Waals surface area (Å²) >= 11 is 0. The van der Waals surface area contributed by atoms with Gasteiger partial charge in [-0.05, 0) is 67.3 Å². The Kier molecular flexibility index (Phi) is 6.61. The lowest BCUT2D eigenvalue weighted by atomic mass is 9.97. The van der Waals surface area contributed by atoms with Crippen molar-refractivity contribution in [3.05, 3.63) is 71.8 Å². The first-order valence-corrected chi connectivity index (χ1v) is 14.7. The summed E-state index contributed by atoms with van der Waals surface area (Å²) in [5, 5.41) is 1.24. The quantitative estimate of drug-likeness (QED) is 0.271. The number of aryl methyl sites for hydroxylation is 3. The second-order valence-electron chi connectivity index (χ2n) is 11.8. The Labute approximate surface area is 238 Å². The number of fused-ring (bicyclic) bond motifs is 3. The molecule has 1 aliphatic carbocycles. The largest absolute Gasteiger partial charge is 0.337 e. The van der Waals surface area contributed by atoms with Crippen molar-refractivity contribution in [2.24, 2.45) is 18.7 Å². The van der Waals surface area contributed by atoms with Crippen LogP contribution in [-0.4, -0.2) is 60.3 Å². The van der Waals surface area contributed by atoms with Crippen LogP contribution in [0.4, 0.5) is 4.39 Å². The Bertz CT molecular complexity index is 1730. The van der Waals surface area contributed by atoms with Crippen LogP contribution in [0.15, 0.2) is 55.1 Å². The zero-order valence-electron chi connectivity index (χ0n) is 23.5. The van der Waals surface area contributed by atoms with Gasteiger partial charge in [0.25, 0.3) is 5.91 Å². The van der Waals surface area contributed by atoms with Crippen molar-refractivity contribution >= 4 is 27.8 Å². The maximum Gasteiger partial charge on any atom is 0.254 e. The third kappa shape index (κ3) is 4.82. The molecule has 5 aromatic rings. The van der Waals surface area contributed by atoms with Crippen molar-refractivity contribution in [3.63, 3.8) is 0 Å². The Morgan fingerprint density at radius 1 is 1.20 bits per heavy atom. The van der Waals surface area contributed by atoms with Crippen LogP contribution in [0.3, 0.4) is 0 Å². The number of nitrogens with zero attached hydrogens (tertiary/aromatic N) is 6. The van der Waals surface area contributed by atoms with E-state index in [1.54, 1.807) is 4.90 Å².